The number of Topliss-reactive ketones (excluding diaryl/α,β-unsaturated/α-hetero) is 1. The average molecular weight is 130 g/mol. The second kappa shape index (κ2) is 2.08. The van der Waals surface area contributed by atoms with Crippen LogP contribution < -0.4 is 0 Å². The first-order valence-electron chi connectivity index (χ1n) is 3.01. The molecule has 0 radical (unpaired) electrons. The molecule has 1 rings (SSSR count). The number of hydrogen-bond donors (Lipinski definition) is 2. The smallest absolute Gasteiger partial charge is 0.135 e. The lowest BCUT2D eigenvalue weighted by atomic mass is 10.1. The molecular weight excluding hydrogens is 120 g/mol. The molecule has 0 bridgehead atoms. The first-order chi connectivity index (χ1) is 4.16. The number of aliphatic hydroxyl groups excluding tert-OH is 1. The van der Waals surface area contributed by atoms with Crippen LogP contribution in [-0.4, -0.2) is 28.2 Å². The van der Waals surface area contributed by atoms with Crippen molar-refractivity contribution in [1.29, 1.82) is 0 Å². The third kappa shape index (κ3) is 1.28. The number of rotatable bonds is 1. The van der Waals surface area contributed by atoms with Crippen LogP contribution in [0.3, 0.4) is 0 Å². The van der Waals surface area contributed by atoms with Crippen molar-refractivity contribution >= 4 is 5.78 Å². The predicted molar refractivity (Wildman–Crippen MR) is 30.9 cm³/mol. The van der Waals surface area contributed by atoms with Gasteiger partial charge in [0.25, 0.3) is 0 Å². The molecule has 1 unspecified atom stereocenters. The van der Waals surface area contributed by atoms with Crippen molar-refractivity contribution in [2.75, 3.05) is 6.61 Å². The SMILES string of the molecule is O=C1CCC(O)(CO)C1. The molecule has 2 N–H and O–H groups in total. The lowest BCUT2D eigenvalue weighted by Gasteiger charge is -2.16. The van der Waals surface area contributed by atoms with E-state index < -0.39 is 5.60 Å². The average Bonchev–Trinajstić information content (AvgIpc) is 2.13. The van der Waals surface area contributed by atoms with Gasteiger partial charge in [-0.3, -0.25) is 4.79 Å². The Balaban J connectivity index is 2.54. The third-order valence-electron chi connectivity index (χ3n) is 1.69. The largest absolute Gasteiger partial charge is 0.393 e. The van der Waals surface area contributed by atoms with Gasteiger partial charge in [-0.1, -0.05) is 0 Å². The predicted octanol–water partition coefficient (Wildman–Crippen LogP) is -0.537. The van der Waals surface area contributed by atoms with Crippen LogP contribution >= 0.6 is 0 Å². The van der Waals surface area contributed by atoms with E-state index in [0.29, 0.717) is 12.8 Å². The summed E-state index contributed by atoms with van der Waals surface area (Å²) >= 11 is 0. The summed E-state index contributed by atoms with van der Waals surface area (Å²) in [6.07, 6.45) is 0.961. The van der Waals surface area contributed by atoms with Crippen LogP contribution in [0.4, 0.5) is 0 Å². The highest BCUT2D eigenvalue weighted by molar-refractivity contribution is 5.81. The number of carbonyl (C=O) groups is 1. The van der Waals surface area contributed by atoms with Gasteiger partial charge in [0.2, 0.25) is 0 Å². The number of hydrogen-bond acceptors (Lipinski definition) is 3. The normalized spacial score (nSPS) is 35.6. The minimum atomic E-state index is -1.09. The van der Waals surface area contributed by atoms with Gasteiger partial charge >= 0.3 is 0 Å². The molecule has 0 spiro atoms. The molecule has 1 aliphatic rings. The summed E-state index contributed by atoms with van der Waals surface area (Å²) in [6.45, 7) is -0.293. The first kappa shape index (κ1) is 6.71. The molecule has 0 aliphatic heterocycles. The molecule has 1 fully saturated rings. The Bertz CT molecular complexity index is 132. The standard InChI is InChI=1S/C6H10O3/c7-4-6(9)2-1-5(8)3-6/h7,9H,1-4H2. The molecule has 0 heterocycles. The zero-order chi connectivity index (χ0) is 6.91. The number of ketones is 1. The fraction of sp³-hybridized carbons (Fsp3) is 0.833. The van der Waals surface area contributed by atoms with E-state index in [-0.39, 0.29) is 18.8 Å². The van der Waals surface area contributed by atoms with Crippen molar-refractivity contribution in [1.82, 2.24) is 0 Å². The zero-order valence-corrected chi connectivity index (χ0v) is 5.13. The van der Waals surface area contributed by atoms with Crippen molar-refractivity contribution in [2.24, 2.45) is 0 Å². The van der Waals surface area contributed by atoms with Crippen molar-refractivity contribution in [3.63, 3.8) is 0 Å². The monoisotopic (exact) mass is 130 g/mol. The quantitative estimate of drug-likeness (QED) is 0.501. The van der Waals surface area contributed by atoms with E-state index in [9.17, 15) is 9.90 Å². The molecule has 9 heavy (non-hydrogen) atoms. The molecule has 3 heteroatoms. The molecule has 1 aliphatic carbocycles. The van der Waals surface area contributed by atoms with E-state index in [0.717, 1.165) is 0 Å². The molecule has 0 aromatic heterocycles. The molecule has 0 saturated heterocycles. The van der Waals surface area contributed by atoms with Gasteiger partial charge in [-0.25, -0.2) is 0 Å². The van der Waals surface area contributed by atoms with Gasteiger partial charge in [0.1, 0.15) is 5.78 Å². The Morgan fingerprint density at radius 3 is 2.56 bits per heavy atom. The van der Waals surface area contributed by atoms with E-state index >= 15 is 0 Å². The van der Waals surface area contributed by atoms with Gasteiger partial charge in [0.15, 0.2) is 0 Å². The summed E-state index contributed by atoms with van der Waals surface area (Å²) in [4.78, 5) is 10.5. The molecule has 1 atom stereocenters. The Morgan fingerprint density at radius 1 is 1.67 bits per heavy atom. The summed E-state index contributed by atoms with van der Waals surface area (Å²) in [6, 6.07) is 0. The maximum Gasteiger partial charge on any atom is 0.135 e. The van der Waals surface area contributed by atoms with Crippen LogP contribution in [0, 0.1) is 0 Å². The highest BCUT2D eigenvalue weighted by atomic mass is 16.3. The van der Waals surface area contributed by atoms with Crippen LogP contribution in [0.15, 0.2) is 0 Å². The Kier molecular flexibility index (Phi) is 1.55. The van der Waals surface area contributed by atoms with Crippen LogP contribution in [0.5, 0.6) is 0 Å². The third-order valence-corrected chi connectivity index (χ3v) is 1.69. The van der Waals surface area contributed by atoms with Gasteiger partial charge in [-0.05, 0) is 6.42 Å². The molecular formula is C6H10O3. The Labute approximate surface area is 53.3 Å². The molecule has 0 amide bonds. The fourth-order valence-electron chi connectivity index (χ4n) is 1.05. The summed E-state index contributed by atoms with van der Waals surface area (Å²) in [7, 11) is 0. The van der Waals surface area contributed by atoms with Crippen LogP contribution in [0.25, 0.3) is 0 Å². The highest BCUT2D eigenvalue weighted by Crippen LogP contribution is 2.25. The van der Waals surface area contributed by atoms with Gasteiger partial charge in [-0.2, -0.15) is 0 Å². The van der Waals surface area contributed by atoms with Crippen molar-refractivity contribution in [2.45, 2.75) is 24.9 Å². The van der Waals surface area contributed by atoms with Crippen molar-refractivity contribution in [3.8, 4) is 0 Å². The maximum absolute atomic E-state index is 10.5. The van der Waals surface area contributed by atoms with E-state index in [4.69, 9.17) is 5.11 Å². The molecule has 3 nitrogen and oxygen atoms in total. The summed E-state index contributed by atoms with van der Waals surface area (Å²) in [5.74, 6) is 0.0477. The molecule has 1 saturated carbocycles. The maximum atomic E-state index is 10.5. The summed E-state index contributed by atoms with van der Waals surface area (Å²) in [5.41, 5.74) is -1.09. The lowest BCUT2D eigenvalue weighted by molar-refractivity contribution is -0.119. The van der Waals surface area contributed by atoms with Crippen LogP contribution in [0.1, 0.15) is 19.3 Å². The van der Waals surface area contributed by atoms with Gasteiger partial charge in [-0.15, -0.1) is 0 Å². The van der Waals surface area contributed by atoms with Crippen LogP contribution in [0.2, 0.25) is 0 Å². The number of aliphatic hydroxyl groups is 2. The minimum Gasteiger partial charge on any atom is -0.393 e. The van der Waals surface area contributed by atoms with Gasteiger partial charge in [0.05, 0.1) is 12.2 Å². The second-order valence-electron chi connectivity index (χ2n) is 2.60. The van der Waals surface area contributed by atoms with E-state index in [1.54, 1.807) is 0 Å². The summed E-state index contributed by atoms with van der Waals surface area (Å²) in [5, 5.41) is 17.7. The van der Waals surface area contributed by atoms with Crippen molar-refractivity contribution in [3.05, 3.63) is 0 Å². The Morgan fingerprint density at radius 2 is 2.33 bits per heavy atom. The lowest BCUT2D eigenvalue weighted by Crippen LogP contribution is -2.29. The van der Waals surface area contributed by atoms with Gasteiger partial charge in [0, 0.05) is 12.8 Å². The van der Waals surface area contributed by atoms with Crippen molar-refractivity contribution < 1.29 is 15.0 Å². The van der Waals surface area contributed by atoms with E-state index in [1.807, 2.05) is 0 Å². The Hall–Kier alpha value is -0.410. The second-order valence-corrected chi connectivity index (χ2v) is 2.60. The summed E-state index contributed by atoms with van der Waals surface area (Å²) < 4.78 is 0. The molecule has 0 aromatic rings. The minimum absolute atomic E-state index is 0.0477. The molecule has 52 valence electrons. The topological polar surface area (TPSA) is 57.5 Å². The number of carbonyl (C=O) groups excluding carboxylic acids is 1. The highest BCUT2D eigenvalue weighted by Gasteiger charge is 2.35. The van der Waals surface area contributed by atoms with Crippen LogP contribution in [-0.2, 0) is 4.79 Å². The van der Waals surface area contributed by atoms with E-state index in [1.165, 1.54) is 0 Å². The zero-order valence-electron chi connectivity index (χ0n) is 5.13. The van der Waals surface area contributed by atoms with Gasteiger partial charge < -0.3 is 10.2 Å². The molecule has 0 aromatic carbocycles. The fourth-order valence-corrected chi connectivity index (χ4v) is 1.05. The first-order valence-corrected chi connectivity index (χ1v) is 3.01. The van der Waals surface area contributed by atoms with E-state index in [2.05, 4.69) is 0 Å².